The Balaban J connectivity index is 2.09. The molecule has 0 unspecified atom stereocenters. The number of halogens is 1. The number of carbonyl (C=O) groups excluding carboxylic acids is 1. The standard InChI is InChI=1S/C20H19FN2OSeSi/c1-13(24)22-17-7-5-15(11-14(17)9-10-26(2,3)4)20-23-18-12-16(21)6-8-19(18)25-20/h5-8,11-12H,1-4H3,(H,22,24). The van der Waals surface area contributed by atoms with Crippen LogP contribution in [0.25, 0.3) is 19.9 Å². The van der Waals surface area contributed by atoms with Crippen molar-refractivity contribution in [3.63, 3.8) is 0 Å². The van der Waals surface area contributed by atoms with Crippen LogP contribution >= 0.6 is 0 Å². The van der Waals surface area contributed by atoms with E-state index in [0.29, 0.717) is 11.2 Å². The molecule has 132 valence electrons. The average Bonchev–Trinajstić information content (AvgIpc) is 2.95. The Morgan fingerprint density at radius 3 is 2.65 bits per heavy atom. The monoisotopic (exact) mass is 430 g/mol. The van der Waals surface area contributed by atoms with Crippen LogP contribution in [0.15, 0.2) is 36.4 Å². The molecule has 26 heavy (non-hydrogen) atoms. The summed E-state index contributed by atoms with van der Waals surface area (Å²) in [6.07, 6.45) is 0. The second kappa shape index (κ2) is 7.20. The second-order valence-corrected chi connectivity index (χ2v) is 14.0. The van der Waals surface area contributed by atoms with Crippen LogP contribution in [0.1, 0.15) is 12.5 Å². The van der Waals surface area contributed by atoms with E-state index < -0.39 is 8.07 Å². The molecule has 0 radical (unpaired) electrons. The molecular weight excluding hydrogens is 410 g/mol. The number of fused-ring (bicyclic) bond motifs is 1. The number of carbonyl (C=O) groups is 1. The Morgan fingerprint density at radius 2 is 1.96 bits per heavy atom. The fourth-order valence-corrected chi connectivity index (χ4v) is 4.84. The summed E-state index contributed by atoms with van der Waals surface area (Å²) in [5.41, 5.74) is 6.53. The van der Waals surface area contributed by atoms with Crippen LogP contribution in [0.5, 0.6) is 0 Å². The normalized spacial score (nSPS) is 11.1. The fraction of sp³-hybridized carbons (Fsp3) is 0.200. The van der Waals surface area contributed by atoms with Crippen LogP contribution in [-0.2, 0) is 4.79 Å². The molecule has 3 rings (SSSR count). The second-order valence-electron chi connectivity index (χ2n) is 7.07. The van der Waals surface area contributed by atoms with Crippen LogP contribution in [0.3, 0.4) is 0 Å². The number of aromatic nitrogens is 1. The van der Waals surface area contributed by atoms with Crippen LogP contribution in [0.4, 0.5) is 10.1 Å². The van der Waals surface area contributed by atoms with Crippen molar-refractivity contribution < 1.29 is 9.18 Å². The fourth-order valence-electron chi connectivity index (χ4n) is 2.36. The van der Waals surface area contributed by atoms with Gasteiger partial charge in [-0.05, 0) is 0 Å². The molecule has 3 nitrogen and oxygen atoms in total. The molecule has 1 heterocycles. The van der Waals surface area contributed by atoms with E-state index in [9.17, 15) is 9.18 Å². The Hall–Kier alpha value is -2.19. The van der Waals surface area contributed by atoms with Gasteiger partial charge in [-0.3, -0.25) is 0 Å². The van der Waals surface area contributed by atoms with E-state index in [2.05, 4.69) is 41.4 Å². The molecule has 0 saturated carbocycles. The van der Waals surface area contributed by atoms with Crippen molar-refractivity contribution in [3.05, 3.63) is 47.8 Å². The van der Waals surface area contributed by atoms with E-state index in [1.807, 2.05) is 18.2 Å². The summed E-state index contributed by atoms with van der Waals surface area (Å²) in [5, 5.41) is 2.84. The number of anilines is 1. The van der Waals surface area contributed by atoms with Gasteiger partial charge in [0.25, 0.3) is 0 Å². The third kappa shape index (κ3) is 4.50. The summed E-state index contributed by atoms with van der Waals surface area (Å²) < 4.78 is 15.5. The van der Waals surface area contributed by atoms with Gasteiger partial charge in [-0.15, -0.1) is 0 Å². The Morgan fingerprint density at radius 1 is 1.19 bits per heavy atom. The molecule has 6 heteroatoms. The predicted molar refractivity (Wildman–Crippen MR) is 109 cm³/mol. The summed E-state index contributed by atoms with van der Waals surface area (Å²) in [6.45, 7) is 8.02. The Kier molecular flexibility index (Phi) is 5.15. The Labute approximate surface area is 159 Å². The first-order valence-electron chi connectivity index (χ1n) is 8.22. The first-order chi connectivity index (χ1) is 12.2. The number of hydrogen-bond acceptors (Lipinski definition) is 2. The quantitative estimate of drug-likeness (QED) is 0.488. The molecule has 0 spiro atoms. The van der Waals surface area contributed by atoms with E-state index in [4.69, 9.17) is 0 Å². The SMILES string of the molecule is CC(=O)Nc1ccc(-c2nc3cc(F)ccc3[se]2)cc1C#C[Si](C)(C)C. The van der Waals surface area contributed by atoms with Crippen molar-refractivity contribution in [2.75, 3.05) is 5.32 Å². The maximum atomic E-state index is 13.4. The number of nitrogens with one attached hydrogen (secondary N) is 1. The third-order valence-corrected chi connectivity index (χ3v) is 6.65. The van der Waals surface area contributed by atoms with Crippen molar-refractivity contribution in [2.24, 2.45) is 0 Å². The third-order valence-electron chi connectivity index (χ3n) is 3.50. The molecule has 1 amide bonds. The molecule has 1 N–H and O–H groups in total. The van der Waals surface area contributed by atoms with Crippen molar-refractivity contribution in [1.29, 1.82) is 0 Å². The summed E-state index contributed by atoms with van der Waals surface area (Å²) in [6, 6.07) is 10.5. The van der Waals surface area contributed by atoms with E-state index in [1.165, 1.54) is 19.1 Å². The van der Waals surface area contributed by atoms with E-state index >= 15 is 0 Å². The number of hydrogen-bond donors (Lipinski definition) is 1. The molecule has 0 aliphatic carbocycles. The molecule has 0 aliphatic rings. The zero-order chi connectivity index (χ0) is 18.9. The molecule has 0 atom stereocenters. The van der Waals surface area contributed by atoms with Gasteiger partial charge in [-0.25, -0.2) is 0 Å². The van der Waals surface area contributed by atoms with Gasteiger partial charge < -0.3 is 0 Å². The van der Waals surface area contributed by atoms with Crippen molar-refractivity contribution in [2.45, 2.75) is 26.6 Å². The average molecular weight is 429 g/mol. The zero-order valence-electron chi connectivity index (χ0n) is 15.1. The number of amides is 1. The molecule has 3 aromatic rings. The predicted octanol–water partition coefficient (Wildman–Crippen LogP) is 4.29. The van der Waals surface area contributed by atoms with E-state index in [1.54, 1.807) is 6.07 Å². The number of rotatable bonds is 2. The molecule has 1 aromatic heterocycles. The number of benzene rings is 2. The topological polar surface area (TPSA) is 42.0 Å². The molecular formula is C20H19FN2OSeSi. The van der Waals surface area contributed by atoms with Gasteiger partial charge >= 0.3 is 159 Å². The molecule has 0 fully saturated rings. The molecule has 2 aromatic carbocycles. The van der Waals surface area contributed by atoms with Gasteiger partial charge in [0.1, 0.15) is 0 Å². The van der Waals surface area contributed by atoms with E-state index in [-0.39, 0.29) is 26.2 Å². The molecule has 0 aliphatic heterocycles. The van der Waals surface area contributed by atoms with Gasteiger partial charge in [0.05, 0.1) is 0 Å². The summed E-state index contributed by atoms with van der Waals surface area (Å²) in [5.74, 6) is 2.84. The minimum atomic E-state index is -1.55. The van der Waals surface area contributed by atoms with Gasteiger partial charge in [0, 0.05) is 0 Å². The van der Waals surface area contributed by atoms with Crippen molar-refractivity contribution >= 4 is 43.9 Å². The first-order valence-corrected chi connectivity index (χ1v) is 13.4. The maximum absolute atomic E-state index is 13.4. The minimum absolute atomic E-state index is 0.0298. The summed E-state index contributed by atoms with van der Waals surface area (Å²) >= 11 is 0.0298. The molecule has 0 saturated heterocycles. The van der Waals surface area contributed by atoms with E-state index in [0.717, 1.165) is 20.0 Å². The summed E-state index contributed by atoms with van der Waals surface area (Å²) in [4.78, 5) is 16.1. The van der Waals surface area contributed by atoms with Gasteiger partial charge in [0.2, 0.25) is 0 Å². The number of nitrogens with zero attached hydrogens (tertiary/aromatic N) is 1. The summed E-state index contributed by atoms with van der Waals surface area (Å²) in [7, 11) is -1.55. The first kappa shape index (κ1) is 18.6. The van der Waals surface area contributed by atoms with Gasteiger partial charge in [-0.1, -0.05) is 0 Å². The zero-order valence-corrected chi connectivity index (χ0v) is 17.8. The van der Waals surface area contributed by atoms with Crippen LogP contribution in [0, 0.1) is 17.3 Å². The van der Waals surface area contributed by atoms with Crippen LogP contribution in [0.2, 0.25) is 19.6 Å². The molecule has 0 bridgehead atoms. The van der Waals surface area contributed by atoms with Gasteiger partial charge in [-0.2, -0.15) is 0 Å². The van der Waals surface area contributed by atoms with Crippen molar-refractivity contribution in [1.82, 2.24) is 4.98 Å². The van der Waals surface area contributed by atoms with Crippen molar-refractivity contribution in [3.8, 4) is 21.6 Å². The van der Waals surface area contributed by atoms with Gasteiger partial charge in [0.15, 0.2) is 0 Å². The Bertz CT molecular complexity index is 1060. The van der Waals surface area contributed by atoms with Crippen LogP contribution in [-0.4, -0.2) is 33.5 Å². The van der Waals surface area contributed by atoms with Crippen LogP contribution < -0.4 is 5.32 Å².